The van der Waals surface area contributed by atoms with Crippen molar-refractivity contribution in [2.75, 3.05) is 20.1 Å². The molecule has 3 rings (SSSR count). The fourth-order valence-corrected chi connectivity index (χ4v) is 3.44. The Balaban J connectivity index is 1.61. The maximum absolute atomic E-state index is 12.5. The zero-order valence-electron chi connectivity index (χ0n) is 12.3. The van der Waals surface area contributed by atoms with Gasteiger partial charge in [0.15, 0.2) is 0 Å². The maximum atomic E-state index is 12.5. The minimum absolute atomic E-state index is 0.332. The molecule has 108 valence electrons. The molecular formula is C17H24N2O. The van der Waals surface area contributed by atoms with Crippen molar-refractivity contribution in [3.8, 4) is 0 Å². The number of hydrogen-bond acceptors (Lipinski definition) is 2. The standard InChI is InChI=1S/C17H24N2O/c1-18-10-5-4-8-16(18)12-17(20)19-11-9-14-6-2-3-7-15(14)13-19/h2-3,6-7,16H,4-5,8-13H2,1H3. The average molecular weight is 272 g/mol. The average Bonchev–Trinajstić information content (AvgIpc) is 2.49. The van der Waals surface area contributed by atoms with Gasteiger partial charge in [0.25, 0.3) is 0 Å². The van der Waals surface area contributed by atoms with Gasteiger partial charge >= 0.3 is 0 Å². The van der Waals surface area contributed by atoms with Crippen LogP contribution in [0.15, 0.2) is 24.3 Å². The van der Waals surface area contributed by atoms with Gasteiger partial charge < -0.3 is 9.80 Å². The molecule has 2 aliphatic rings. The van der Waals surface area contributed by atoms with E-state index in [-0.39, 0.29) is 0 Å². The van der Waals surface area contributed by atoms with E-state index in [0.717, 1.165) is 26.1 Å². The molecule has 1 atom stereocenters. The Morgan fingerprint density at radius 3 is 2.80 bits per heavy atom. The molecule has 20 heavy (non-hydrogen) atoms. The summed E-state index contributed by atoms with van der Waals surface area (Å²) in [7, 11) is 2.16. The van der Waals surface area contributed by atoms with E-state index in [2.05, 4.69) is 36.2 Å². The SMILES string of the molecule is CN1CCCCC1CC(=O)N1CCc2ccccc2C1. The number of benzene rings is 1. The minimum atomic E-state index is 0.332. The summed E-state index contributed by atoms with van der Waals surface area (Å²) in [6.45, 7) is 2.82. The van der Waals surface area contributed by atoms with Crippen LogP contribution in [0.25, 0.3) is 0 Å². The van der Waals surface area contributed by atoms with Crippen LogP contribution in [-0.2, 0) is 17.8 Å². The van der Waals surface area contributed by atoms with Gasteiger partial charge in [-0.25, -0.2) is 0 Å². The van der Waals surface area contributed by atoms with Gasteiger partial charge in [-0.05, 0) is 44.0 Å². The zero-order valence-corrected chi connectivity index (χ0v) is 12.3. The third kappa shape index (κ3) is 2.88. The quantitative estimate of drug-likeness (QED) is 0.825. The smallest absolute Gasteiger partial charge is 0.224 e. The van der Waals surface area contributed by atoms with Gasteiger partial charge in [-0.3, -0.25) is 4.79 Å². The monoisotopic (exact) mass is 272 g/mol. The van der Waals surface area contributed by atoms with Crippen molar-refractivity contribution in [2.24, 2.45) is 0 Å². The second-order valence-electron chi connectivity index (χ2n) is 6.17. The van der Waals surface area contributed by atoms with E-state index in [1.807, 2.05) is 4.90 Å². The molecule has 0 N–H and O–H groups in total. The lowest BCUT2D eigenvalue weighted by atomic mass is 9.97. The van der Waals surface area contributed by atoms with Gasteiger partial charge in [0, 0.05) is 25.6 Å². The third-order valence-electron chi connectivity index (χ3n) is 4.82. The molecular weight excluding hydrogens is 248 g/mol. The highest BCUT2D eigenvalue weighted by molar-refractivity contribution is 5.77. The van der Waals surface area contributed by atoms with Crippen molar-refractivity contribution in [1.82, 2.24) is 9.80 Å². The number of nitrogens with zero attached hydrogens (tertiary/aromatic N) is 2. The Morgan fingerprint density at radius 2 is 2.00 bits per heavy atom. The topological polar surface area (TPSA) is 23.6 Å². The summed E-state index contributed by atoms with van der Waals surface area (Å²) in [4.78, 5) is 16.9. The molecule has 2 heterocycles. The van der Waals surface area contributed by atoms with Gasteiger partial charge in [-0.2, -0.15) is 0 Å². The normalized spacial score (nSPS) is 23.4. The van der Waals surface area contributed by atoms with E-state index in [0.29, 0.717) is 18.4 Å². The van der Waals surface area contributed by atoms with E-state index in [1.54, 1.807) is 0 Å². The fraction of sp³-hybridized carbons (Fsp3) is 0.588. The van der Waals surface area contributed by atoms with Gasteiger partial charge in [0.2, 0.25) is 5.91 Å². The van der Waals surface area contributed by atoms with Gasteiger partial charge in [0.1, 0.15) is 0 Å². The molecule has 0 aliphatic carbocycles. The van der Waals surface area contributed by atoms with Crippen molar-refractivity contribution in [3.05, 3.63) is 35.4 Å². The Bertz CT molecular complexity index is 486. The molecule has 0 saturated carbocycles. The van der Waals surface area contributed by atoms with Crippen LogP contribution >= 0.6 is 0 Å². The number of fused-ring (bicyclic) bond motifs is 1. The van der Waals surface area contributed by atoms with E-state index in [9.17, 15) is 4.79 Å². The molecule has 1 fully saturated rings. The number of carbonyl (C=O) groups is 1. The Morgan fingerprint density at radius 1 is 1.20 bits per heavy atom. The molecule has 1 unspecified atom stereocenters. The molecule has 1 saturated heterocycles. The van der Waals surface area contributed by atoms with Crippen molar-refractivity contribution in [2.45, 2.75) is 44.7 Å². The molecule has 3 nitrogen and oxygen atoms in total. The summed E-state index contributed by atoms with van der Waals surface area (Å²) in [5, 5.41) is 0. The largest absolute Gasteiger partial charge is 0.338 e. The van der Waals surface area contributed by atoms with E-state index < -0.39 is 0 Å². The first-order valence-electron chi connectivity index (χ1n) is 7.79. The van der Waals surface area contributed by atoms with Crippen molar-refractivity contribution >= 4 is 5.91 Å². The molecule has 1 aromatic rings. The molecule has 0 radical (unpaired) electrons. The highest BCUT2D eigenvalue weighted by Crippen LogP contribution is 2.22. The lowest BCUT2D eigenvalue weighted by molar-refractivity contribution is -0.133. The van der Waals surface area contributed by atoms with E-state index >= 15 is 0 Å². The predicted octanol–water partition coefficient (Wildman–Crippen LogP) is 2.45. The van der Waals surface area contributed by atoms with Crippen molar-refractivity contribution in [3.63, 3.8) is 0 Å². The number of piperidine rings is 1. The van der Waals surface area contributed by atoms with Crippen LogP contribution in [0.2, 0.25) is 0 Å². The first kappa shape index (κ1) is 13.6. The minimum Gasteiger partial charge on any atom is -0.338 e. The summed E-state index contributed by atoms with van der Waals surface area (Å²) >= 11 is 0. The summed E-state index contributed by atoms with van der Waals surface area (Å²) in [5.74, 6) is 0.332. The molecule has 1 aromatic carbocycles. The van der Waals surface area contributed by atoms with Crippen LogP contribution in [0.4, 0.5) is 0 Å². The predicted molar refractivity (Wildman–Crippen MR) is 80.4 cm³/mol. The fourth-order valence-electron chi connectivity index (χ4n) is 3.44. The summed E-state index contributed by atoms with van der Waals surface area (Å²) < 4.78 is 0. The lowest BCUT2D eigenvalue weighted by Gasteiger charge is -2.35. The highest BCUT2D eigenvalue weighted by Gasteiger charge is 2.26. The second kappa shape index (κ2) is 5.96. The maximum Gasteiger partial charge on any atom is 0.224 e. The van der Waals surface area contributed by atoms with Crippen LogP contribution in [0.1, 0.15) is 36.8 Å². The van der Waals surface area contributed by atoms with Crippen LogP contribution in [-0.4, -0.2) is 41.9 Å². The molecule has 3 heteroatoms. The molecule has 2 aliphatic heterocycles. The molecule has 1 amide bonds. The van der Waals surface area contributed by atoms with E-state index in [4.69, 9.17) is 0 Å². The number of likely N-dealkylation sites (tertiary alicyclic amines) is 1. The summed E-state index contributed by atoms with van der Waals surface area (Å²) in [6, 6.07) is 8.95. The highest BCUT2D eigenvalue weighted by atomic mass is 16.2. The molecule has 0 spiro atoms. The van der Waals surface area contributed by atoms with Crippen molar-refractivity contribution in [1.29, 1.82) is 0 Å². The Kier molecular flexibility index (Phi) is 4.06. The van der Waals surface area contributed by atoms with Crippen LogP contribution in [0.5, 0.6) is 0 Å². The Hall–Kier alpha value is -1.35. The van der Waals surface area contributed by atoms with Gasteiger partial charge in [0.05, 0.1) is 0 Å². The number of amides is 1. The van der Waals surface area contributed by atoms with Crippen molar-refractivity contribution < 1.29 is 4.79 Å². The second-order valence-corrected chi connectivity index (χ2v) is 6.17. The van der Waals surface area contributed by atoms with Crippen LogP contribution < -0.4 is 0 Å². The number of carbonyl (C=O) groups excluding carboxylic acids is 1. The van der Waals surface area contributed by atoms with Crippen LogP contribution in [0, 0.1) is 0 Å². The third-order valence-corrected chi connectivity index (χ3v) is 4.82. The zero-order chi connectivity index (χ0) is 13.9. The van der Waals surface area contributed by atoms with Gasteiger partial charge in [-0.1, -0.05) is 30.7 Å². The number of rotatable bonds is 2. The van der Waals surface area contributed by atoms with Gasteiger partial charge in [-0.15, -0.1) is 0 Å². The Labute approximate surface area is 121 Å². The molecule has 0 aromatic heterocycles. The first-order chi connectivity index (χ1) is 9.74. The first-order valence-corrected chi connectivity index (χ1v) is 7.79. The van der Waals surface area contributed by atoms with Crippen LogP contribution in [0.3, 0.4) is 0 Å². The van der Waals surface area contributed by atoms with E-state index in [1.165, 1.54) is 30.4 Å². The summed E-state index contributed by atoms with van der Waals surface area (Å²) in [5.41, 5.74) is 2.73. The number of hydrogen-bond donors (Lipinski definition) is 0. The lowest BCUT2D eigenvalue weighted by Crippen LogP contribution is -2.43. The molecule has 0 bridgehead atoms. The summed E-state index contributed by atoms with van der Waals surface area (Å²) in [6.07, 6.45) is 5.41.